The molecule has 29 heavy (non-hydrogen) atoms. The highest BCUT2D eigenvalue weighted by molar-refractivity contribution is 5.66. The lowest BCUT2D eigenvalue weighted by molar-refractivity contribution is -0.0790. The molecule has 2 aliphatic rings. The summed E-state index contributed by atoms with van der Waals surface area (Å²) in [7, 11) is 0. The molecule has 0 spiro atoms. The van der Waals surface area contributed by atoms with Gasteiger partial charge in [0, 0.05) is 48.4 Å². The van der Waals surface area contributed by atoms with Gasteiger partial charge in [-0.1, -0.05) is 18.2 Å². The maximum atomic E-state index is 13.8. The van der Waals surface area contributed by atoms with Crippen LogP contribution in [0.5, 0.6) is 5.75 Å². The normalized spacial score (nSPS) is 25.0. The Morgan fingerprint density at radius 2 is 2.03 bits per heavy atom. The summed E-state index contributed by atoms with van der Waals surface area (Å²) in [5.74, 6) is 0.721. The molecule has 1 fully saturated rings. The zero-order chi connectivity index (χ0) is 20.4. The third kappa shape index (κ3) is 4.53. The zero-order valence-corrected chi connectivity index (χ0v) is 15.6. The molecule has 0 saturated carbocycles. The first kappa shape index (κ1) is 19.7. The Kier molecular flexibility index (Phi) is 5.45. The van der Waals surface area contributed by atoms with E-state index in [-0.39, 0.29) is 18.2 Å². The molecule has 0 radical (unpaired) electrons. The molecule has 0 amide bonds. The lowest BCUT2D eigenvalue weighted by Gasteiger charge is -2.39. The van der Waals surface area contributed by atoms with Crippen LogP contribution in [0, 0.1) is 0 Å². The molecule has 4 rings (SSSR count). The van der Waals surface area contributed by atoms with Crippen LogP contribution in [-0.2, 0) is 0 Å². The van der Waals surface area contributed by atoms with Crippen molar-refractivity contribution in [2.45, 2.75) is 30.9 Å². The van der Waals surface area contributed by atoms with Crippen molar-refractivity contribution in [1.29, 1.82) is 0 Å². The lowest BCUT2D eigenvalue weighted by Crippen LogP contribution is -2.47. The number of hydrogen-bond acceptors (Lipinski definition) is 4. The van der Waals surface area contributed by atoms with E-state index < -0.39 is 12.3 Å². The van der Waals surface area contributed by atoms with E-state index in [0.717, 1.165) is 17.4 Å². The summed E-state index contributed by atoms with van der Waals surface area (Å²) in [6.07, 6.45) is -0.702. The summed E-state index contributed by atoms with van der Waals surface area (Å²) < 4.78 is 57.7. The molecular formula is C21H21F4N3O. The van der Waals surface area contributed by atoms with E-state index in [0.29, 0.717) is 37.4 Å². The third-order valence-corrected chi connectivity index (χ3v) is 5.29. The van der Waals surface area contributed by atoms with Crippen LogP contribution >= 0.6 is 0 Å². The van der Waals surface area contributed by atoms with E-state index in [1.165, 1.54) is 12.4 Å². The second-order valence-corrected chi connectivity index (χ2v) is 7.26. The number of aromatic nitrogens is 1. The quantitative estimate of drug-likeness (QED) is 0.751. The van der Waals surface area contributed by atoms with E-state index in [1.54, 1.807) is 6.07 Å². The van der Waals surface area contributed by atoms with Crippen molar-refractivity contribution in [2.24, 2.45) is 0 Å². The molecular weight excluding hydrogens is 386 g/mol. The average molecular weight is 407 g/mol. The minimum absolute atomic E-state index is 0.140. The molecule has 4 nitrogen and oxygen atoms in total. The van der Waals surface area contributed by atoms with Gasteiger partial charge in [-0.25, -0.2) is 4.39 Å². The number of pyridine rings is 1. The number of likely N-dealkylation sites (tertiary alicyclic amines) is 1. The number of ether oxygens (including phenoxy) is 1. The Bertz CT molecular complexity index is 886. The van der Waals surface area contributed by atoms with E-state index >= 15 is 0 Å². The van der Waals surface area contributed by atoms with Crippen molar-refractivity contribution in [2.75, 3.05) is 25.0 Å². The minimum Gasteiger partial charge on any atom is -0.491 e. The van der Waals surface area contributed by atoms with Crippen LogP contribution in [0.1, 0.15) is 23.6 Å². The largest absolute Gasteiger partial charge is 0.491 e. The number of anilines is 1. The van der Waals surface area contributed by atoms with Gasteiger partial charge < -0.3 is 10.1 Å². The Morgan fingerprint density at radius 1 is 1.21 bits per heavy atom. The highest BCUT2D eigenvalue weighted by atomic mass is 19.4. The summed E-state index contributed by atoms with van der Waals surface area (Å²) in [6, 6.07) is 8.79. The van der Waals surface area contributed by atoms with E-state index in [2.05, 4.69) is 10.3 Å². The number of fused-ring (bicyclic) bond motifs is 1. The van der Waals surface area contributed by atoms with Crippen LogP contribution in [0.3, 0.4) is 0 Å². The van der Waals surface area contributed by atoms with Crippen molar-refractivity contribution in [3.8, 4) is 5.75 Å². The molecule has 1 N–H and O–H groups in total. The van der Waals surface area contributed by atoms with Gasteiger partial charge in [-0.15, -0.1) is 0 Å². The smallest absolute Gasteiger partial charge is 0.409 e. The monoisotopic (exact) mass is 407 g/mol. The Labute approximate surface area is 166 Å². The molecule has 2 aromatic rings. The van der Waals surface area contributed by atoms with Gasteiger partial charge in [0.2, 0.25) is 0 Å². The Hall–Kier alpha value is -2.61. The topological polar surface area (TPSA) is 37.4 Å². The molecule has 0 bridgehead atoms. The van der Waals surface area contributed by atoms with Gasteiger partial charge in [0.1, 0.15) is 18.5 Å². The highest BCUT2D eigenvalue weighted by Gasteiger charge is 2.38. The Balaban J connectivity index is 1.67. The van der Waals surface area contributed by atoms with Gasteiger partial charge >= 0.3 is 6.18 Å². The van der Waals surface area contributed by atoms with Gasteiger partial charge in [0.25, 0.3) is 0 Å². The number of para-hydroxylation sites is 1. The van der Waals surface area contributed by atoms with Crippen LogP contribution < -0.4 is 10.1 Å². The second kappa shape index (κ2) is 8.02. The fourth-order valence-electron chi connectivity index (χ4n) is 3.90. The summed E-state index contributed by atoms with van der Waals surface area (Å²) in [5.41, 5.74) is 1.76. The number of halogens is 4. The zero-order valence-electron chi connectivity index (χ0n) is 15.6. The number of rotatable bonds is 4. The highest BCUT2D eigenvalue weighted by Crippen LogP contribution is 2.38. The molecule has 8 heteroatoms. The molecule has 0 unspecified atom stereocenters. The molecule has 1 saturated heterocycles. The maximum Gasteiger partial charge on any atom is 0.409 e. The fraction of sp³-hybridized carbons (Fsp3) is 0.381. The van der Waals surface area contributed by atoms with Crippen molar-refractivity contribution in [3.05, 3.63) is 59.9 Å². The molecule has 3 atom stereocenters. The molecule has 154 valence electrons. The first-order chi connectivity index (χ1) is 13.9. The minimum atomic E-state index is -4.41. The van der Waals surface area contributed by atoms with Crippen molar-refractivity contribution in [3.63, 3.8) is 0 Å². The number of alkyl halides is 4. The van der Waals surface area contributed by atoms with Crippen LogP contribution in [-0.4, -0.2) is 48.0 Å². The number of nitrogens with one attached hydrogen (secondary N) is 1. The third-order valence-electron chi connectivity index (χ3n) is 5.29. The van der Waals surface area contributed by atoms with E-state index in [1.807, 2.05) is 29.2 Å². The van der Waals surface area contributed by atoms with Crippen molar-refractivity contribution >= 4 is 11.8 Å². The van der Waals surface area contributed by atoms with Crippen LogP contribution in [0.2, 0.25) is 0 Å². The van der Waals surface area contributed by atoms with Crippen molar-refractivity contribution < 1.29 is 22.3 Å². The summed E-state index contributed by atoms with van der Waals surface area (Å²) >= 11 is 0. The number of hydrogen-bond donors (Lipinski definition) is 1. The standard InChI is InChI=1S/C21H21F4N3O/c22-15-7-10-28(12-15)18-13-29-19-4-2-1-3-16(19)20(18)27-17-6-9-26-11-14(17)5-8-21(23,24)25/h1-6,8-9,11,15,18,20H,7,10,12-13H2,(H,26,27)/t15-,18-,20-/m0/s1. The summed E-state index contributed by atoms with van der Waals surface area (Å²) in [4.78, 5) is 5.99. The molecule has 2 aliphatic heterocycles. The Morgan fingerprint density at radius 3 is 2.79 bits per heavy atom. The molecule has 3 heterocycles. The second-order valence-electron chi connectivity index (χ2n) is 7.26. The fourth-order valence-corrected chi connectivity index (χ4v) is 3.90. The first-order valence-electron chi connectivity index (χ1n) is 9.47. The average Bonchev–Trinajstić information content (AvgIpc) is 3.13. The van der Waals surface area contributed by atoms with Gasteiger partial charge in [-0.2, -0.15) is 13.2 Å². The predicted molar refractivity (Wildman–Crippen MR) is 103 cm³/mol. The summed E-state index contributed by atoms with van der Waals surface area (Å²) in [5, 5.41) is 3.38. The predicted octanol–water partition coefficient (Wildman–Crippen LogP) is 4.62. The molecule has 0 aliphatic carbocycles. The van der Waals surface area contributed by atoms with Gasteiger partial charge in [-0.05, 0) is 24.6 Å². The van der Waals surface area contributed by atoms with Crippen LogP contribution in [0.15, 0.2) is 48.8 Å². The van der Waals surface area contributed by atoms with Gasteiger partial charge in [0.05, 0.1) is 12.1 Å². The summed E-state index contributed by atoms with van der Waals surface area (Å²) in [6.45, 7) is 1.32. The first-order valence-corrected chi connectivity index (χ1v) is 9.47. The molecule has 1 aromatic heterocycles. The number of nitrogens with zero attached hydrogens (tertiary/aromatic N) is 2. The van der Waals surface area contributed by atoms with E-state index in [9.17, 15) is 17.6 Å². The van der Waals surface area contributed by atoms with Crippen LogP contribution in [0.4, 0.5) is 23.2 Å². The van der Waals surface area contributed by atoms with Crippen LogP contribution in [0.25, 0.3) is 6.08 Å². The van der Waals surface area contributed by atoms with Gasteiger partial charge in [0.15, 0.2) is 0 Å². The lowest BCUT2D eigenvalue weighted by atomic mass is 9.94. The van der Waals surface area contributed by atoms with Crippen molar-refractivity contribution in [1.82, 2.24) is 9.88 Å². The molecule has 1 aromatic carbocycles. The number of allylic oxidation sites excluding steroid dienone is 1. The maximum absolute atomic E-state index is 13.8. The SMILES string of the molecule is F[C@H]1CCN([C@H]2COc3ccccc3[C@@H]2Nc2ccncc2C=CC(F)(F)F)C1. The number of benzene rings is 1. The van der Waals surface area contributed by atoms with Gasteiger partial charge in [-0.3, -0.25) is 9.88 Å². The van der Waals surface area contributed by atoms with E-state index in [4.69, 9.17) is 4.74 Å².